The van der Waals surface area contributed by atoms with Crippen molar-refractivity contribution in [2.75, 3.05) is 5.33 Å². The third kappa shape index (κ3) is 6.21. The molecule has 1 N–H and O–H groups in total. The van der Waals surface area contributed by atoms with E-state index in [1.165, 1.54) is 0 Å². The lowest BCUT2D eigenvalue weighted by Crippen LogP contribution is -2.23. The molecule has 1 unspecified atom stereocenters. The summed E-state index contributed by atoms with van der Waals surface area (Å²) in [4.78, 5) is 20.6. The second-order valence-corrected chi connectivity index (χ2v) is 4.57. The Morgan fingerprint density at radius 3 is 2.31 bits per heavy atom. The van der Waals surface area contributed by atoms with Gasteiger partial charge in [-0.15, -0.1) is 0 Å². The van der Waals surface area contributed by atoms with Crippen LogP contribution < -0.4 is 0 Å². The summed E-state index contributed by atoms with van der Waals surface area (Å²) in [7, 11) is 0. The minimum Gasteiger partial charge on any atom is -0.475 e. The monoisotopic (exact) mass is 314 g/mol. The lowest BCUT2D eigenvalue weighted by atomic mass is 10.1. The van der Waals surface area contributed by atoms with Gasteiger partial charge in [-0.2, -0.15) is 0 Å². The van der Waals surface area contributed by atoms with Crippen LogP contribution in [0, 0.1) is 0 Å². The lowest BCUT2D eigenvalue weighted by Gasteiger charge is -2.04. The third-order valence-corrected chi connectivity index (χ3v) is 3.02. The van der Waals surface area contributed by atoms with Crippen LogP contribution in [0.3, 0.4) is 0 Å². The molecular formula is C8H12Br2O3. The van der Waals surface area contributed by atoms with Gasteiger partial charge in [0.05, 0.1) is 4.83 Å². The highest BCUT2D eigenvalue weighted by Crippen LogP contribution is 2.12. The zero-order valence-corrected chi connectivity index (χ0v) is 10.3. The minimum atomic E-state index is -1.36. The van der Waals surface area contributed by atoms with E-state index < -0.39 is 16.6 Å². The molecule has 76 valence electrons. The van der Waals surface area contributed by atoms with Crippen molar-refractivity contribution in [1.29, 1.82) is 0 Å². The van der Waals surface area contributed by atoms with Gasteiger partial charge in [0.1, 0.15) is 0 Å². The fourth-order valence-electron chi connectivity index (χ4n) is 0.860. The summed E-state index contributed by atoms with van der Waals surface area (Å²) < 4.78 is 0. The topological polar surface area (TPSA) is 54.4 Å². The number of carbonyl (C=O) groups is 2. The highest BCUT2D eigenvalue weighted by atomic mass is 79.9. The molecule has 0 saturated heterocycles. The minimum absolute atomic E-state index is 0.527. The van der Waals surface area contributed by atoms with E-state index in [0.29, 0.717) is 6.42 Å². The Kier molecular flexibility index (Phi) is 7.56. The van der Waals surface area contributed by atoms with E-state index in [1.54, 1.807) is 0 Å². The predicted molar refractivity (Wildman–Crippen MR) is 57.6 cm³/mol. The molecule has 13 heavy (non-hydrogen) atoms. The van der Waals surface area contributed by atoms with Crippen molar-refractivity contribution in [2.24, 2.45) is 0 Å². The molecule has 0 aliphatic heterocycles. The summed E-state index contributed by atoms with van der Waals surface area (Å²) in [5.41, 5.74) is 0. The number of halogens is 2. The highest BCUT2D eigenvalue weighted by molar-refractivity contribution is 9.10. The van der Waals surface area contributed by atoms with Gasteiger partial charge >= 0.3 is 5.97 Å². The third-order valence-electron chi connectivity index (χ3n) is 1.59. The van der Waals surface area contributed by atoms with Crippen LogP contribution in [0.25, 0.3) is 0 Å². The Labute approximate surface area is 94.1 Å². The fourth-order valence-corrected chi connectivity index (χ4v) is 1.78. The average molecular weight is 316 g/mol. The van der Waals surface area contributed by atoms with E-state index >= 15 is 0 Å². The number of unbranched alkanes of at least 4 members (excludes halogenated alkanes) is 2. The van der Waals surface area contributed by atoms with Gasteiger partial charge in [-0.3, -0.25) is 4.79 Å². The van der Waals surface area contributed by atoms with Gasteiger partial charge in [0.15, 0.2) is 0 Å². The Morgan fingerprint density at radius 1 is 1.23 bits per heavy atom. The molecule has 5 heteroatoms. The molecule has 0 radical (unpaired) electrons. The Morgan fingerprint density at radius 2 is 1.85 bits per heavy atom. The number of carboxylic acids is 1. The number of ketones is 1. The van der Waals surface area contributed by atoms with Crippen molar-refractivity contribution >= 4 is 43.6 Å². The second-order valence-electron chi connectivity index (χ2n) is 2.68. The molecule has 3 nitrogen and oxygen atoms in total. The van der Waals surface area contributed by atoms with Crippen molar-refractivity contribution in [3.8, 4) is 0 Å². The van der Waals surface area contributed by atoms with E-state index in [4.69, 9.17) is 5.11 Å². The molecule has 0 aromatic rings. The first-order valence-electron chi connectivity index (χ1n) is 4.06. The molecule has 0 rings (SSSR count). The van der Waals surface area contributed by atoms with Crippen LogP contribution in [0.4, 0.5) is 0 Å². The Hall–Kier alpha value is 0.1000. The van der Waals surface area contributed by atoms with E-state index in [0.717, 1.165) is 24.6 Å². The zero-order chi connectivity index (χ0) is 10.3. The molecule has 0 amide bonds. The van der Waals surface area contributed by atoms with Crippen LogP contribution in [-0.2, 0) is 9.59 Å². The summed E-state index contributed by atoms with van der Waals surface area (Å²) in [6, 6.07) is 0. The van der Waals surface area contributed by atoms with Crippen LogP contribution in [0.1, 0.15) is 25.7 Å². The molecule has 0 aromatic heterocycles. The van der Waals surface area contributed by atoms with Gasteiger partial charge in [-0.05, 0) is 12.8 Å². The van der Waals surface area contributed by atoms with E-state index in [-0.39, 0.29) is 0 Å². The van der Waals surface area contributed by atoms with Crippen LogP contribution in [0.15, 0.2) is 0 Å². The first-order chi connectivity index (χ1) is 6.09. The van der Waals surface area contributed by atoms with Crippen molar-refractivity contribution in [3.63, 3.8) is 0 Å². The number of rotatable bonds is 7. The van der Waals surface area contributed by atoms with E-state index in [1.807, 2.05) is 0 Å². The van der Waals surface area contributed by atoms with Crippen LogP contribution >= 0.6 is 31.9 Å². The molecule has 0 spiro atoms. The van der Waals surface area contributed by atoms with Gasteiger partial charge in [0, 0.05) is 5.33 Å². The maximum absolute atomic E-state index is 10.9. The molecule has 0 saturated carbocycles. The molecule has 0 aliphatic rings. The second kappa shape index (κ2) is 7.50. The lowest BCUT2D eigenvalue weighted by molar-refractivity contribution is -0.148. The van der Waals surface area contributed by atoms with Crippen molar-refractivity contribution < 1.29 is 14.7 Å². The molecule has 1 atom stereocenters. The van der Waals surface area contributed by atoms with E-state index in [2.05, 4.69) is 31.9 Å². The number of carbonyl (C=O) groups excluding carboxylic acids is 1. The van der Waals surface area contributed by atoms with Crippen LogP contribution in [-0.4, -0.2) is 27.0 Å². The van der Waals surface area contributed by atoms with Crippen LogP contribution in [0.2, 0.25) is 0 Å². The number of alkyl halides is 2. The SMILES string of the molecule is O=C(O)C(=O)C(Br)CCCCCBr. The summed E-state index contributed by atoms with van der Waals surface area (Å²) in [6.45, 7) is 0. The Bertz CT molecular complexity index is 182. The number of aliphatic carboxylic acids is 1. The normalized spacial score (nSPS) is 12.5. The summed E-state index contributed by atoms with van der Waals surface area (Å²) in [6.07, 6.45) is 3.54. The largest absolute Gasteiger partial charge is 0.475 e. The first-order valence-corrected chi connectivity index (χ1v) is 6.10. The van der Waals surface area contributed by atoms with Crippen molar-refractivity contribution in [3.05, 3.63) is 0 Å². The molecule has 0 aliphatic carbocycles. The maximum Gasteiger partial charge on any atom is 0.373 e. The number of hydrogen-bond acceptors (Lipinski definition) is 2. The van der Waals surface area contributed by atoms with Gasteiger partial charge in [-0.25, -0.2) is 4.79 Å². The Balaban J connectivity index is 3.56. The van der Waals surface area contributed by atoms with Gasteiger partial charge in [0.25, 0.3) is 5.78 Å². The molecule has 0 fully saturated rings. The first kappa shape index (κ1) is 13.1. The van der Waals surface area contributed by atoms with Gasteiger partial charge in [-0.1, -0.05) is 44.7 Å². The van der Waals surface area contributed by atoms with E-state index in [9.17, 15) is 9.59 Å². The summed E-state index contributed by atoms with van der Waals surface area (Å²) in [5.74, 6) is -2.11. The number of carboxylic acid groups (broad SMARTS) is 1. The summed E-state index contributed by atoms with van der Waals surface area (Å²) in [5, 5.41) is 9.32. The van der Waals surface area contributed by atoms with Gasteiger partial charge in [0.2, 0.25) is 0 Å². The average Bonchev–Trinajstić information content (AvgIpc) is 2.10. The van der Waals surface area contributed by atoms with Crippen LogP contribution in [0.5, 0.6) is 0 Å². The quantitative estimate of drug-likeness (QED) is 0.446. The molecule has 0 heterocycles. The molecule has 0 bridgehead atoms. The summed E-state index contributed by atoms with van der Waals surface area (Å²) >= 11 is 6.35. The van der Waals surface area contributed by atoms with Crippen molar-refractivity contribution in [2.45, 2.75) is 30.5 Å². The zero-order valence-electron chi connectivity index (χ0n) is 7.13. The smallest absolute Gasteiger partial charge is 0.373 e. The van der Waals surface area contributed by atoms with Gasteiger partial charge < -0.3 is 5.11 Å². The highest BCUT2D eigenvalue weighted by Gasteiger charge is 2.20. The predicted octanol–water partition coefficient (Wildman–Crippen LogP) is 2.36. The molecular weight excluding hydrogens is 304 g/mol. The number of hydrogen-bond donors (Lipinski definition) is 1. The fraction of sp³-hybridized carbons (Fsp3) is 0.750. The van der Waals surface area contributed by atoms with Crippen molar-refractivity contribution in [1.82, 2.24) is 0 Å². The maximum atomic E-state index is 10.9. The molecule has 0 aromatic carbocycles. The standard InChI is InChI=1S/C8H12Br2O3/c9-5-3-1-2-4-6(10)7(11)8(12)13/h6H,1-5H2,(H,12,13). The number of Topliss-reactive ketones (excluding diaryl/α,β-unsaturated/α-hetero) is 1.